The van der Waals surface area contributed by atoms with Gasteiger partial charge in [-0.25, -0.2) is 19.2 Å². The highest BCUT2D eigenvalue weighted by atomic mass is 16.6. The lowest BCUT2D eigenvalue weighted by atomic mass is 10.0. The van der Waals surface area contributed by atoms with Crippen molar-refractivity contribution in [3.63, 3.8) is 0 Å². The van der Waals surface area contributed by atoms with Crippen LogP contribution < -0.4 is 0 Å². The average Bonchev–Trinajstić information content (AvgIpc) is 2.77. The monoisotopic (exact) mass is 416 g/mol. The molecule has 4 aromatic rings. The van der Waals surface area contributed by atoms with Gasteiger partial charge in [0, 0.05) is 23.2 Å². The zero-order valence-corrected chi connectivity index (χ0v) is 15.6. The number of carboxylic acid groups (broad SMARTS) is 2. The highest BCUT2D eigenvalue weighted by Crippen LogP contribution is 2.25. The van der Waals surface area contributed by atoms with Crippen molar-refractivity contribution < 1.29 is 34.1 Å². The summed E-state index contributed by atoms with van der Waals surface area (Å²) in [5, 5.41) is 19.3. The van der Waals surface area contributed by atoms with Crippen LogP contribution in [0.3, 0.4) is 0 Å². The van der Waals surface area contributed by atoms with Gasteiger partial charge in [-0.15, -0.1) is 0 Å². The summed E-state index contributed by atoms with van der Waals surface area (Å²) in [5.74, 6) is -5.27. The summed E-state index contributed by atoms with van der Waals surface area (Å²) in [6, 6.07) is 11.2. The molecule has 2 N–H and O–H groups in total. The number of hydrogen-bond donors (Lipinski definition) is 2. The third-order valence-electron chi connectivity index (χ3n) is 4.62. The number of carboxylic acids is 2. The van der Waals surface area contributed by atoms with E-state index in [0.717, 1.165) is 0 Å². The minimum Gasteiger partial charge on any atom is -0.478 e. The lowest BCUT2D eigenvalue weighted by molar-refractivity contribution is 0.0389. The highest BCUT2D eigenvalue weighted by molar-refractivity contribution is 6.18. The predicted molar refractivity (Wildman–Crippen MR) is 107 cm³/mol. The van der Waals surface area contributed by atoms with Gasteiger partial charge in [-0.05, 0) is 36.4 Å². The maximum atomic E-state index is 12.9. The van der Waals surface area contributed by atoms with Crippen molar-refractivity contribution in [2.45, 2.75) is 0 Å². The summed E-state index contributed by atoms with van der Waals surface area (Å²) in [6.45, 7) is 0. The second-order valence-electron chi connectivity index (χ2n) is 6.40. The van der Waals surface area contributed by atoms with Crippen LogP contribution in [-0.2, 0) is 4.74 Å². The Kier molecular flexibility index (Phi) is 4.84. The summed E-state index contributed by atoms with van der Waals surface area (Å²) in [6.07, 6.45) is 2.93. The van der Waals surface area contributed by atoms with Gasteiger partial charge in [-0.3, -0.25) is 9.97 Å². The molecular formula is C22H12N2O7. The zero-order valence-electron chi connectivity index (χ0n) is 15.6. The molecule has 0 bridgehead atoms. The van der Waals surface area contributed by atoms with E-state index in [1.807, 2.05) is 0 Å². The molecule has 2 aromatic heterocycles. The van der Waals surface area contributed by atoms with E-state index < -0.39 is 23.9 Å². The number of ether oxygens (including phenoxy) is 1. The van der Waals surface area contributed by atoms with Crippen molar-refractivity contribution in [1.82, 2.24) is 9.97 Å². The zero-order chi connectivity index (χ0) is 22.1. The lowest BCUT2D eigenvalue weighted by Crippen LogP contribution is -2.19. The molecule has 0 unspecified atom stereocenters. The van der Waals surface area contributed by atoms with Crippen LogP contribution in [0.1, 0.15) is 41.4 Å². The summed E-state index contributed by atoms with van der Waals surface area (Å²) < 4.78 is 4.96. The first-order valence-corrected chi connectivity index (χ1v) is 8.87. The molecule has 0 saturated carbocycles. The number of carbonyl (C=O) groups is 4. The molecule has 0 atom stereocenters. The molecule has 0 fully saturated rings. The Hall–Kier alpha value is -4.66. The third kappa shape index (κ3) is 3.44. The summed E-state index contributed by atoms with van der Waals surface area (Å²) in [5.41, 5.74) is -0.823. The van der Waals surface area contributed by atoms with Crippen LogP contribution in [0.5, 0.6) is 0 Å². The standard InChI is InChI=1S/C22H12N2O7/c25-19(26)13-5-7-15-11(3-1-9-23-15)17(13)21(29)31-22(30)18-12-4-2-10-24-16(12)8-6-14(18)20(27)28/h1-10H,(H,25,26)(H,27,28). The van der Waals surface area contributed by atoms with Gasteiger partial charge in [0.25, 0.3) is 0 Å². The molecule has 0 amide bonds. The molecule has 0 aliphatic heterocycles. The Morgan fingerprint density at radius 2 is 1.06 bits per heavy atom. The lowest BCUT2D eigenvalue weighted by Gasteiger charge is -2.11. The van der Waals surface area contributed by atoms with Crippen molar-refractivity contribution in [2.75, 3.05) is 0 Å². The molecule has 4 rings (SSSR count). The van der Waals surface area contributed by atoms with Gasteiger partial charge in [0.15, 0.2) is 0 Å². The molecular weight excluding hydrogens is 404 g/mol. The molecule has 0 saturated heterocycles. The maximum Gasteiger partial charge on any atom is 0.347 e. The van der Waals surface area contributed by atoms with E-state index in [2.05, 4.69) is 9.97 Å². The number of benzene rings is 2. The first-order valence-electron chi connectivity index (χ1n) is 8.87. The fourth-order valence-electron chi connectivity index (χ4n) is 3.29. The quantitative estimate of drug-likeness (QED) is 0.378. The number of aromatic carboxylic acids is 2. The van der Waals surface area contributed by atoms with Gasteiger partial charge in [0.1, 0.15) is 0 Å². The summed E-state index contributed by atoms with van der Waals surface area (Å²) >= 11 is 0. The number of aromatic nitrogens is 2. The van der Waals surface area contributed by atoms with Crippen molar-refractivity contribution in [3.8, 4) is 0 Å². The van der Waals surface area contributed by atoms with E-state index in [0.29, 0.717) is 11.0 Å². The van der Waals surface area contributed by atoms with Crippen LogP contribution >= 0.6 is 0 Å². The van der Waals surface area contributed by atoms with Gasteiger partial charge < -0.3 is 14.9 Å². The number of rotatable bonds is 4. The normalized spacial score (nSPS) is 10.7. The van der Waals surface area contributed by atoms with Crippen LogP contribution in [-0.4, -0.2) is 44.1 Å². The Labute approximate surface area is 173 Å². The second-order valence-corrected chi connectivity index (χ2v) is 6.40. The van der Waals surface area contributed by atoms with Crippen LogP contribution in [0, 0.1) is 0 Å². The highest BCUT2D eigenvalue weighted by Gasteiger charge is 2.27. The van der Waals surface area contributed by atoms with E-state index in [4.69, 9.17) is 4.74 Å². The molecule has 0 radical (unpaired) electrons. The molecule has 9 nitrogen and oxygen atoms in total. The van der Waals surface area contributed by atoms with E-state index in [1.165, 1.54) is 60.9 Å². The Balaban J connectivity index is 1.84. The first kappa shape index (κ1) is 19.6. The average molecular weight is 416 g/mol. The molecule has 0 aliphatic carbocycles. The summed E-state index contributed by atoms with van der Waals surface area (Å²) in [4.78, 5) is 57.2. The number of hydrogen-bond acceptors (Lipinski definition) is 7. The maximum absolute atomic E-state index is 12.9. The van der Waals surface area contributed by atoms with E-state index in [-0.39, 0.29) is 33.0 Å². The molecule has 2 aromatic carbocycles. The van der Waals surface area contributed by atoms with Crippen LogP contribution in [0.4, 0.5) is 0 Å². The molecule has 2 heterocycles. The predicted octanol–water partition coefficient (Wildman–Crippen LogP) is 3.18. The second kappa shape index (κ2) is 7.64. The Morgan fingerprint density at radius 3 is 1.45 bits per heavy atom. The minimum absolute atomic E-state index is 0.179. The van der Waals surface area contributed by atoms with Crippen molar-refractivity contribution in [2.24, 2.45) is 0 Å². The van der Waals surface area contributed by atoms with Crippen LogP contribution in [0.2, 0.25) is 0 Å². The SMILES string of the molecule is O=C(O)c1ccc2ncccc2c1C(=O)OC(=O)c1c(C(=O)O)ccc2ncccc12. The van der Waals surface area contributed by atoms with E-state index in [1.54, 1.807) is 0 Å². The van der Waals surface area contributed by atoms with Gasteiger partial charge in [0.05, 0.1) is 33.3 Å². The van der Waals surface area contributed by atoms with Crippen LogP contribution in [0.15, 0.2) is 60.9 Å². The molecule has 31 heavy (non-hydrogen) atoms. The van der Waals surface area contributed by atoms with E-state index in [9.17, 15) is 29.4 Å². The van der Waals surface area contributed by atoms with Gasteiger partial charge >= 0.3 is 23.9 Å². The number of fused-ring (bicyclic) bond motifs is 2. The fourth-order valence-corrected chi connectivity index (χ4v) is 3.29. The van der Waals surface area contributed by atoms with Crippen molar-refractivity contribution in [1.29, 1.82) is 0 Å². The topological polar surface area (TPSA) is 144 Å². The van der Waals surface area contributed by atoms with E-state index >= 15 is 0 Å². The number of pyridine rings is 2. The van der Waals surface area contributed by atoms with Gasteiger partial charge in [-0.2, -0.15) is 0 Å². The number of esters is 2. The van der Waals surface area contributed by atoms with Gasteiger partial charge in [-0.1, -0.05) is 12.1 Å². The fraction of sp³-hybridized carbons (Fsp3) is 0. The largest absolute Gasteiger partial charge is 0.478 e. The molecule has 0 spiro atoms. The third-order valence-corrected chi connectivity index (χ3v) is 4.62. The molecule has 152 valence electrons. The van der Waals surface area contributed by atoms with Crippen molar-refractivity contribution >= 4 is 45.7 Å². The molecule has 0 aliphatic rings. The smallest absolute Gasteiger partial charge is 0.347 e. The number of nitrogens with zero attached hydrogens (tertiary/aromatic N) is 2. The van der Waals surface area contributed by atoms with Gasteiger partial charge in [0.2, 0.25) is 0 Å². The Morgan fingerprint density at radius 1 is 0.645 bits per heavy atom. The number of carbonyl (C=O) groups excluding carboxylic acids is 2. The minimum atomic E-state index is -1.40. The Bertz CT molecular complexity index is 1300. The summed E-state index contributed by atoms with van der Waals surface area (Å²) in [7, 11) is 0. The molecule has 9 heteroatoms. The first-order chi connectivity index (χ1) is 14.9. The van der Waals surface area contributed by atoms with Crippen molar-refractivity contribution in [3.05, 3.63) is 83.2 Å². The van der Waals surface area contributed by atoms with Crippen LogP contribution in [0.25, 0.3) is 21.8 Å².